The number of hydrogen-bond donors (Lipinski definition) is 0. The third-order valence-electron chi connectivity index (χ3n) is 2.51. The summed E-state index contributed by atoms with van der Waals surface area (Å²) in [7, 11) is 0. The van der Waals surface area contributed by atoms with Crippen LogP contribution in [0.5, 0.6) is 0 Å². The van der Waals surface area contributed by atoms with Crippen LogP contribution in [0.15, 0.2) is 18.5 Å². The molecular formula is C11H14N2O. The fourth-order valence-electron chi connectivity index (χ4n) is 1.71. The minimum Gasteiger partial charge on any atom is -0.489 e. The predicted octanol–water partition coefficient (Wildman–Crippen LogP) is 2.24. The summed E-state index contributed by atoms with van der Waals surface area (Å²) in [5.74, 6) is 0. The van der Waals surface area contributed by atoms with E-state index in [2.05, 4.69) is 9.97 Å². The molecule has 0 amide bonds. The minimum absolute atomic E-state index is 0.316. The first kappa shape index (κ1) is 9.19. The fraction of sp³-hybridized carbons (Fsp3) is 0.455. The standard InChI is InChI=1S/C11H14N2O/c1-8-7-12-9(2)10(13-8)11(3)5-4-6-14-11/h4,6-7H,5H2,1-3H3. The molecule has 0 radical (unpaired) electrons. The summed E-state index contributed by atoms with van der Waals surface area (Å²) in [6.45, 7) is 5.96. The highest BCUT2D eigenvalue weighted by Crippen LogP contribution is 2.33. The Kier molecular flexibility index (Phi) is 2.02. The molecule has 3 nitrogen and oxygen atoms in total. The number of aryl methyl sites for hydroxylation is 2. The number of nitrogens with zero attached hydrogens (tertiary/aromatic N) is 2. The molecule has 1 unspecified atom stereocenters. The van der Waals surface area contributed by atoms with Crippen molar-refractivity contribution in [3.63, 3.8) is 0 Å². The summed E-state index contributed by atoms with van der Waals surface area (Å²) in [4.78, 5) is 8.80. The van der Waals surface area contributed by atoms with Gasteiger partial charge in [-0.1, -0.05) is 0 Å². The topological polar surface area (TPSA) is 35.0 Å². The summed E-state index contributed by atoms with van der Waals surface area (Å²) in [5, 5.41) is 0. The molecule has 0 fully saturated rings. The molecule has 0 saturated heterocycles. The Bertz CT molecular complexity index is 377. The van der Waals surface area contributed by atoms with Gasteiger partial charge in [0.2, 0.25) is 0 Å². The third kappa shape index (κ3) is 1.39. The van der Waals surface area contributed by atoms with E-state index in [1.807, 2.05) is 26.8 Å². The van der Waals surface area contributed by atoms with Gasteiger partial charge in [0.25, 0.3) is 0 Å². The van der Waals surface area contributed by atoms with Crippen molar-refractivity contribution in [1.82, 2.24) is 9.97 Å². The zero-order valence-electron chi connectivity index (χ0n) is 8.74. The van der Waals surface area contributed by atoms with Gasteiger partial charge >= 0.3 is 0 Å². The van der Waals surface area contributed by atoms with E-state index in [4.69, 9.17) is 4.74 Å². The van der Waals surface area contributed by atoms with Crippen LogP contribution < -0.4 is 0 Å². The van der Waals surface area contributed by atoms with E-state index in [1.165, 1.54) is 0 Å². The first-order chi connectivity index (χ1) is 6.62. The first-order valence-electron chi connectivity index (χ1n) is 4.75. The number of aromatic nitrogens is 2. The monoisotopic (exact) mass is 190 g/mol. The smallest absolute Gasteiger partial charge is 0.152 e. The van der Waals surface area contributed by atoms with E-state index >= 15 is 0 Å². The highest BCUT2D eigenvalue weighted by Gasteiger charge is 2.33. The van der Waals surface area contributed by atoms with Crippen molar-refractivity contribution in [2.75, 3.05) is 0 Å². The van der Waals surface area contributed by atoms with Crippen LogP contribution in [0.4, 0.5) is 0 Å². The molecule has 14 heavy (non-hydrogen) atoms. The molecule has 0 bridgehead atoms. The lowest BCUT2D eigenvalue weighted by Crippen LogP contribution is -2.24. The molecule has 0 N–H and O–H groups in total. The maximum absolute atomic E-state index is 5.58. The Balaban J connectivity index is 2.45. The van der Waals surface area contributed by atoms with Gasteiger partial charge in [0, 0.05) is 12.6 Å². The van der Waals surface area contributed by atoms with Crippen LogP contribution in [-0.4, -0.2) is 9.97 Å². The Morgan fingerprint density at radius 2 is 2.21 bits per heavy atom. The maximum Gasteiger partial charge on any atom is 0.152 e. The molecule has 1 aliphatic heterocycles. The van der Waals surface area contributed by atoms with Gasteiger partial charge < -0.3 is 4.74 Å². The molecule has 0 aromatic carbocycles. The van der Waals surface area contributed by atoms with Gasteiger partial charge in [0.1, 0.15) is 5.69 Å². The van der Waals surface area contributed by atoms with Crippen LogP contribution in [0.2, 0.25) is 0 Å². The van der Waals surface area contributed by atoms with Crippen molar-refractivity contribution in [2.45, 2.75) is 32.8 Å². The maximum atomic E-state index is 5.58. The zero-order chi connectivity index (χ0) is 10.2. The summed E-state index contributed by atoms with van der Waals surface area (Å²) in [6, 6.07) is 0. The third-order valence-corrected chi connectivity index (χ3v) is 2.51. The second kappa shape index (κ2) is 3.08. The lowest BCUT2D eigenvalue weighted by Gasteiger charge is -2.24. The van der Waals surface area contributed by atoms with Crippen molar-refractivity contribution in [3.05, 3.63) is 35.6 Å². The van der Waals surface area contributed by atoms with Crippen LogP contribution in [0.25, 0.3) is 0 Å². The van der Waals surface area contributed by atoms with E-state index < -0.39 is 0 Å². The number of hydrogen-bond acceptors (Lipinski definition) is 3. The zero-order valence-corrected chi connectivity index (χ0v) is 8.74. The lowest BCUT2D eigenvalue weighted by atomic mass is 9.97. The number of rotatable bonds is 1. The quantitative estimate of drug-likeness (QED) is 0.681. The van der Waals surface area contributed by atoms with Gasteiger partial charge in [-0.25, -0.2) is 0 Å². The molecule has 0 saturated carbocycles. The molecular weight excluding hydrogens is 176 g/mol. The molecule has 2 rings (SSSR count). The normalized spacial score (nSPS) is 25.1. The van der Waals surface area contributed by atoms with Crippen molar-refractivity contribution < 1.29 is 4.74 Å². The Hall–Kier alpha value is -1.38. The van der Waals surface area contributed by atoms with Gasteiger partial charge in [0.05, 0.1) is 17.6 Å². The van der Waals surface area contributed by atoms with Gasteiger partial charge in [-0.3, -0.25) is 9.97 Å². The largest absolute Gasteiger partial charge is 0.489 e. The Labute approximate surface area is 83.8 Å². The van der Waals surface area contributed by atoms with E-state index in [1.54, 1.807) is 12.5 Å². The molecule has 3 heteroatoms. The fourth-order valence-corrected chi connectivity index (χ4v) is 1.71. The minimum atomic E-state index is -0.316. The average molecular weight is 190 g/mol. The van der Waals surface area contributed by atoms with E-state index in [0.29, 0.717) is 0 Å². The van der Waals surface area contributed by atoms with Crippen molar-refractivity contribution in [2.24, 2.45) is 0 Å². The summed E-state index contributed by atoms with van der Waals surface area (Å²) in [6.07, 6.45) is 6.41. The molecule has 0 aliphatic carbocycles. The van der Waals surface area contributed by atoms with E-state index in [0.717, 1.165) is 23.5 Å². The SMILES string of the molecule is Cc1cnc(C)c(C2(C)CC=CO2)n1. The van der Waals surface area contributed by atoms with Gasteiger partial charge in [-0.2, -0.15) is 0 Å². The molecule has 1 aromatic heterocycles. The van der Waals surface area contributed by atoms with Crippen LogP contribution >= 0.6 is 0 Å². The molecule has 74 valence electrons. The number of ether oxygens (including phenoxy) is 1. The van der Waals surface area contributed by atoms with Crippen LogP contribution in [0, 0.1) is 13.8 Å². The molecule has 1 aliphatic rings. The second-order valence-electron chi connectivity index (χ2n) is 3.87. The predicted molar refractivity (Wildman–Crippen MR) is 53.7 cm³/mol. The highest BCUT2D eigenvalue weighted by atomic mass is 16.5. The molecule has 1 atom stereocenters. The van der Waals surface area contributed by atoms with Crippen molar-refractivity contribution >= 4 is 0 Å². The summed E-state index contributed by atoms with van der Waals surface area (Å²) < 4.78 is 5.58. The van der Waals surface area contributed by atoms with Crippen LogP contribution in [-0.2, 0) is 10.3 Å². The molecule has 0 spiro atoms. The molecule has 1 aromatic rings. The lowest BCUT2D eigenvalue weighted by molar-refractivity contribution is 0.0553. The van der Waals surface area contributed by atoms with Gasteiger partial charge in [0.15, 0.2) is 5.60 Å². The average Bonchev–Trinajstić information content (AvgIpc) is 2.58. The second-order valence-corrected chi connectivity index (χ2v) is 3.87. The van der Waals surface area contributed by atoms with Crippen LogP contribution in [0.1, 0.15) is 30.4 Å². The Morgan fingerprint density at radius 3 is 2.86 bits per heavy atom. The van der Waals surface area contributed by atoms with Gasteiger partial charge in [-0.15, -0.1) is 0 Å². The van der Waals surface area contributed by atoms with Gasteiger partial charge in [-0.05, 0) is 26.8 Å². The Morgan fingerprint density at radius 1 is 1.43 bits per heavy atom. The first-order valence-corrected chi connectivity index (χ1v) is 4.75. The van der Waals surface area contributed by atoms with Crippen molar-refractivity contribution in [3.8, 4) is 0 Å². The van der Waals surface area contributed by atoms with E-state index in [9.17, 15) is 0 Å². The van der Waals surface area contributed by atoms with Crippen molar-refractivity contribution in [1.29, 1.82) is 0 Å². The van der Waals surface area contributed by atoms with Crippen LogP contribution in [0.3, 0.4) is 0 Å². The summed E-state index contributed by atoms with van der Waals surface area (Å²) in [5.41, 5.74) is 2.51. The highest BCUT2D eigenvalue weighted by molar-refractivity contribution is 5.22. The molecule has 2 heterocycles. The summed E-state index contributed by atoms with van der Waals surface area (Å²) >= 11 is 0. The van der Waals surface area contributed by atoms with E-state index in [-0.39, 0.29) is 5.60 Å².